The number of hydrogen-bond donors (Lipinski definition) is 0. The topological polar surface area (TPSA) is 73.8 Å². The summed E-state index contributed by atoms with van der Waals surface area (Å²) in [5.41, 5.74) is 2.11. The fourth-order valence-electron chi connectivity index (χ4n) is 2.83. The second-order valence-electron chi connectivity index (χ2n) is 6.37. The molecule has 26 heavy (non-hydrogen) atoms. The molecule has 0 radical (unpaired) electrons. The third-order valence-electron chi connectivity index (χ3n) is 4.36. The number of carbonyl (C=O) groups excluding carboxylic acids is 1. The van der Waals surface area contributed by atoms with E-state index in [0.717, 1.165) is 29.7 Å². The quantitative estimate of drug-likeness (QED) is 0.807. The minimum atomic E-state index is -0.538. The van der Waals surface area contributed by atoms with E-state index in [1.807, 2.05) is 19.1 Å². The molecular weight excluding hydrogens is 358 g/mol. The fourth-order valence-corrected chi connectivity index (χ4v) is 2.97. The Labute approximate surface area is 155 Å². The average Bonchev–Trinajstić information content (AvgIpc) is 3.31. The molecule has 0 N–H and O–H groups in total. The van der Waals surface area contributed by atoms with E-state index in [0.29, 0.717) is 19.1 Å². The van der Waals surface area contributed by atoms with Gasteiger partial charge in [-0.1, -0.05) is 29.8 Å². The van der Waals surface area contributed by atoms with Gasteiger partial charge in [-0.2, -0.15) is 0 Å². The number of para-hydroxylation sites is 1. The molecular formula is C18H18ClN3O4. The highest BCUT2D eigenvalue weighted by atomic mass is 35.5. The maximum atomic E-state index is 12.3. The van der Waals surface area contributed by atoms with Crippen LogP contribution >= 0.6 is 11.6 Å². The normalized spacial score (nSPS) is 16.6. The molecule has 2 aliphatic rings. The summed E-state index contributed by atoms with van der Waals surface area (Å²) < 4.78 is 16.6. The Kier molecular flexibility index (Phi) is 4.65. The van der Waals surface area contributed by atoms with Crippen molar-refractivity contribution >= 4 is 17.7 Å². The van der Waals surface area contributed by atoms with Crippen LogP contribution in [0.2, 0.25) is 5.15 Å². The summed E-state index contributed by atoms with van der Waals surface area (Å²) in [5, 5.41) is 7.92. The minimum Gasteiger partial charge on any atom is -0.434 e. The van der Waals surface area contributed by atoms with Gasteiger partial charge in [-0.05, 0) is 36.8 Å². The highest BCUT2D eigenvalue weighted by molar-refractivity contribution is 6.29. The Balaban J connectivity index is 1.62. The van der Waals surface area contributed by atoms with Crippen molar-refractivity contribution in [3.05, 3.63) is 40.5 Å². The smallest absolute Gasteiger partial charge is 0.417 e. The molecule has 2 heterocycles. The Morgan fingerprint density at radius 1 is 1.35 bits per heavy atom. The zero-order chi connectivity index (χ0) is 18.1. The average molecular weight is 376 g/mol. The number of halogens is 1. The van der Waals surface area contributed by atoms with Crippen LogP contribution in [0.25, 0.3) is 0 Å². The SMILES string of the molecule is Cc1cccc(C2CC2)c1Oc1nnc(Cl)cc1OC(=O)N1CCOC1. The van der Waals surface area contributed by atoms with Gasteiger partial charge in [0.1, 0.15) is 12.5 Å². The predicted octanol–water partition coefficient (Wildman–Crippen LogP) is 3.90. The molecule has 136 valence electrons. The van der Waals surface area contributed by atoms with E-state index >= 15 is 0 Å². The van der Waals surface area contributed by atoms with Crippen molar-refractivity contribution in [3.63, 3.8) is 0 Å². The first kappa shape index (κ1) is 17.1. The molecule has 0 spiro atoms. The molecule has 0 unspecified atom stereocenters. The molecule has 1 amide bonds. The number of rotatable bonds is 4. The summed E-state index contributed by atoms with van der Waals surface area (Å²) in [4.78, 5) is 13.7. The van der Waals surface area contributed by atoms with E-state index in [-0.39, 0.29) is 23.5 Å². The zero-order valence-electron chi connectivity index (χ0n) is 14.3. The first-order valence-electron chi connectivity index (χ1n) is 8.47. The van der Waals surface area contributed by atoms with Crippen molar-refractivity contribution in [1.82, 2.24) is 15.1 Å². The van der Waals surface area contributed by atoms with Crippen LogP contribution in [-0.4, -0.2) is 41.1 Å². The molecule has 1 saturated carbocycles. The summed E-state index contributed by atoms with van der Waals surface area (Å²) in [6.45, 7) is 3.13. The molecule has 0 bridgehead atoms. The Morgan fingerprint density at radius 2 is 2.19 bits per heavy atom. The molecule has 2 fully saturated rings. The van der Waals surface area contributed by atoms with E-state index in [1.54, 1.807) is 0 Å². The van der Waals surface area contributed by atoms with Gasteiger partial charge in [0.05, 0.1) is 6.61 Å². The summed E-state index contributed by atoms with van der Waals surface area (Å²) in [7, 11) is 0. The van der Waals surface area contributed by atoms with Gasteiger partial charge >= 0.3 is 6.09 Å². The first-order chi connectivity index (χ1) is 12.6. The molecule has 1 aromatic carbocycles. The van der Waals surface area contributed by atoms with E-state index in [2.05, 4.69) is 16.3 Å². The molecule has 1 saturated heterocycles. The number of ether oxygens (including phenoxy) is 3. The Morgan fingerprint density at radius 3 is 2.92 bits per heavy atom. The monoisotopic (exact) mass is 375 g/mol. The maximum absolute atomic E-state index is 12.3. The molecule has 4 rings (SSSR count). The highest BCUT2D eigenvalue weighted by Crippen LogP contribution is 2.46. The van der Waals surface area contributed by atoms with Crippen LogP contribution in [0.3, 0.4) is 0 Å². The predicted molar refractivity (Wildman–Crippen MR) is 93.8 cm³/mol. The number of aromatic nitrogens is 2. The Bertz CT molecular complexity index is 835. The molecule has 1 aliphatic heterocycles. The standard InChI is InChI=1S/C18H18ClN3O4/c1-11-3-2-4-13(12-5-6-12)16(11)26-17-14(9-15(19)20-21-17)25-18(23)22-7-8-24-10-22/h2-4,9,12H,5-8,10H2,1H3. The van der Waals surface area contributed by atoms with Crippen LogP contribution in [0.4, 0.5) is 4.79 Å². The zero-order valence-corrected chi connectivity index (χ0v) is 15.0. The lowest BCUT2D eigenvalue weighted by atomic mass is 10.1. The highest BCUT2D eigenvalue weighted by Gasteiger charge is 2.29. The second kappa shape index (κ2) is 7.09. The van der Waals surface area contributed by atoms with Crippen LogP contribution < -0.4 is 9.47 Å². The number of benzene rings is 1. The lowest BCUT2D eigenvalue weighted by Crippen LogP contribution is -2.31. The van der Waals surface area contributed by atoms with Crippen molar-refractivity contribution in [2.45, 2.75) is 25.7 Å². The van der Waals surface area contributed by atoms with Crippen LogP contribution in [0.15, 0.2) is 24.3 Å². The third-order valence-corrected chi connectivity index (χ3v) is 4.55. The molecule has 1 aromatic heterocycles. The number of aryl methyl sites for hydroxylation is 1. The molecule has 8 heteroatoms. The van der Waals surface area contributed by atoms with E-state index in [1.165, 1.54) is 11.0 Å². The Hall–Kier alpha value is -2.38. The lowest BCUT2D eigenvalue weighted by Gasteiger charge is -2.17. The number of nitrogens with zero attached hydrogens (tertiary/aromatic N) is 3. The van der Waals surface area contributed by atoms with Crippen molar-refractivity contribution in [3.8, 4) is 17.4 Å². The van der Waals surface area contributed by atoms with E-state index in [9.17, 15) is 4.79 Å². The number of hydrogen-bond acceptors (Lipinski definition) is 6. The van der Waals surface area contributed by atoms with Gasteiger partial charge in [0.2, 0.25) is 0 Å². The molecule has 7 nitrogen and oxygen atoms in total. The second-order valence-corrected chi connectivity index (χ2v) is 6.76. The summed E-state index contributed by atoms with van der Waals surface area (Å²) in [6, 6.07) is 7.46. The van der Waals surface area contributed by atoms with Crippen molar-refractivity contribution in [2.24, 2.45) is 0 Å². The third kappa shape index (κ3) is 3.59. The minimum absolute atomic E-state index is 0.110. The van der Waals surface area contributed by atoms with Gasteiger partial charge in [-0.15, -0.1) is 10.2 Å². The van der Waals surface area contributed by atoms with Crippen molar-refractivity contribution in [1.29, 1.82) is 0 Å². The first-order valence-corrected chi connectivity index (χ1v) is 8.84. The van der Waals surface area contributed by atoms with Crippen molar-refractivity contribution in [2.75, 3.05) is 19.9 Å². The van der Waals surface area contributed by atoms with Gasteiger partial charge in [-0.25, -0.2) is 4.79 Å². The van der Waals surface area contributed by atoms with Gasteiger partial charge in [0.15, 0.2) is 10.9 Å². The lowest BCUT2D eigenvalue weighted by molar-refractivity contribution is 0.120. The van der Waals surface area contributed by atoms with Crippen LogP contribution in [0.5, 0.6) is 17.4 Å². The van der Waals surface area contributed by atoms with E-state index < -0.39 is 6.09 Å². The largest absolute Gasteiger partial charge is 0.434 e. The van der Waals surface area contributed by atoms with E-state index in [4.69, 9.17) is 25.8 Å². The number of carbonyl (C=O) groups is 1. The molecule has 1 aliphatic carbocycles. The van der Waals surface area contributed by atoms with Gasteiger partial charge in [0.25, 0.3) is 5.88 Å². The van der Waals surface area contributed by atoms with Crippen LogP contribution in [-0.2, 0) is 4.74 Å². The van der Waals surface area contributed by atoms with Crippen LogP contribution in [0, 0.1) is 6.92 Å². The van der Waals surface area contributed by atoms with Gasteiger partial charge in [-0.3, -0.25) is 4.90 Å². The molecule has 2 aromatic rings. The summed E-state index contributed by atoms with van der Waals surface area (Å²) >= 11 is 5.93. The summed E-state index contributed by atoms with van der Waals surface area (Å²) in [5.74, 6) is 1.47. The maximum Gasteiger partial charge on any atom is 0.417 e. The molecule has 0 atom stereocenters. The fraction of sp³-hybridized carbons (Fsp3) is 0.389. The van der Waals surface area contributed by atoms with Gasteiger partial charge in [0, 0.05) is 12.6 Å². The summed E-state index contributed by atoms with van der Waals surface area (Å²) in [6.07, 6.45) is 1.75. The number of amides is 1. The van der Waals surface area contributed by atoms with Gasteiger partial charge < -0.3 is 14.2 Å². The van der Waals surface area contributed by atoms with Crippen molar-refractivity contribution < 1.29 is 19.0 Å². The van der Waals surface area contributed by atoms with Crippen LogP contribution in [0.1, 0.15) is 29.9 Å².